The average Bonchev–Trinajstić information content (AvgIpc) is 2.48. The minimum absolute atomic E-state index is 0.166. The lowest BCUT2D eigenvalue weighted by molar-refractivity contribution is 0.150. The highest BCUT2D eigenvalue weighted by atomic mass is 32.2. The molecule has 0 unspecified atom stereocenters. The van der Waals surface area contributed by atoms with Crippen LogP contribution in [-0.2, 0) is 19.5 Å². The van der Waals surface area contributed by atoms with Crippen LogP contribution in [0.25, 0.3) is 0 Å². The Labute approximate surface area is 126 Å². The molecule has 0 aromatic carbocycles. The average molecular weight is 317 g/mol. The first kappa shape index (κ1) is 17.8. The number of aromatic nitrogens is 1. The molecule has 0 atom stereocenters. The number of pyridine rings is 1. The van der Waals surface area contributed by atoms with Crippen molar-refractivity contribution in [3.63, 3.8) is 0 Å². The highest BCUT2D eigenvalue weighted by Gasteiger charge is 2.27. The van der Waals surface area contributed by atoms with E-state index >= 15 is 0 Å². The van der Waals surface area contributed by atoms with E-state index in [4.69, 9.17) is 9.47 Å². The molecular weight excluding hydrogens is 294 g/mol. The third kappa shape index (κ3) is 4.92. The van der Waals surface area contributed by atoms with Gasteiger partial charge in [0, 0.05) is 40.1 Å². The molecule has 0 aliphatic carbocycles. The molecule has 0 saturated heterocycles. The fourth-order valence-electron chi connectivity index (χ4n) is 1.78. The van der Waals surface area contributed by atoms with Crippen LogP contribution in [0.15, 0.2) is 23.2 Å². The Bertz CT molecular complexity index is 514. The predicted molar refractivity (Wildman–Crippen MR) is 80.9 cm³/mol. The summed E-state index contributed by atoms with van der Waals surface area (Å²) in [6, 6.07) is 3.16. The molecule has 7 nitrogen and oxygen atoms in total. The lowest BCUT2D eigenvalue weighted by atomic mass is 10.4. The summed E-state index contributed by atoms with van der Waals surface area (Å²) in [4.78, 5) is 4.26. The van der Waals surface area contributed by atoms with Crippen LogP contribution in [0.3, 0.4) is 0 Å². The fourth-order valence-corrected chi connectivity index (χ4v) is 3.30. The van der Waals surface area contributed by atoms with Gasteiger partial charge in [-0.25, -0.2) is 13.4 Å². The van der Waals surface area contributed by atoms with E-state index < -0.39 is 10.0 Å². The third-order valence-corrected chi connectivity index (χ3v) is 4.75. The molecule has 0 fully saturated rings. The predicted octanol–water partition coefficient (Wildman–Crippen LogP) is 0.797. The second-order valence-electron chi connectivity index (χ2n) is 4.27. The van der Waals surface area contributed by atoms with E-state index in [9.17, 15) is 8.42 Å². The molecule has 0 saturated carbocycles. The van der Waals surface area contributed by atoms with Crippen molar-refractivity contribution in [2.24, 2.45) is 0 Å². The largest absolute Gasteiger partial charge is 0.383 e. The van der Waals surface area contributed by atoms with Gasteiger partial charge in [0.05, 0.1) is 13.2 Å². The van der Waals surface area contributed by atoms with Crippen LogP contribution < -0.4 is 5.32 Å². The first-order chi connectivity index (χ1) is 10.1. The normalized spacial score (nSPS) is 11.8. The third-order valence-electron chi connectivity index (χ3n) is 2.82. The van der Waals surface area contributed by atoms with Crippen molar-refractivity contribution in [3.8, 4) is 0 Å². The summed E-state index contributed by atoms with van der Waals surface area (Å²) in [6.07, 6.45) is 1.56. The highest BCUT2D eigenvalue weighted by Crippen LogP contribution is 2.22. The molecular formula is C13H23N3O4S. The van der Waals surface area contributed by atoms with Crippen LogP contribution in [0.1, 0.15) is 6.92 Å². The van der Waals surface area contributed by atoms with Crippen molar-refractivity contribution in [3.05, 3.63) is 18.3 Å². The van der Waals surface area contributed by atoms with E-state index in [1.54, 1.807) is 18.3 Å². The summed E-state index contributed by atoms with van der Waals surface area (Å²) in [5, 5.41) is 2.97. The van der Waals surface area contributed by atoms with Crippen LogP contribution in [-0.4, -0.2) is 64.8 Å². The monoisotopic (exact) mass is 317 g/mol. The second-order valence-corrected chi connectivity index (χ2v) is 6.18. The molecule has 1 aromatic heterocycles. The van der Waals surface area contributed by atoms with Gasteiger partial charge in [-0.1, -0.05) is 0 Å². The van der Waals surface area contributed by atoms with Gasteiger partial charge in [-0.3, -0.25) is 0 Å². The van der Waals surface area contributed by atoms with Crippen LogP contribution in [0.5, 0.6) is 0 Å². The summed E-state index contributed by atoms with van der Waals surface area (Å²) in [5.41, 5.74) is 0. The molecule has 8 heteroatoms. The minimum Gasteiger partial charge on any atom is -0.383 e. The summed E-state index contributed by atoms with van der Waals surface area (Å²) >= 11 is 0. The van der Waals surface area contributed by atoms with E-state index in [2.05, 4.69) is 10.3 Å². The number of anilines is 1. The lowest BCUT2D eigenvalue weighted by Crippen LogP contribution is -2.36. The van der Waals surface area contributed by atoms with E-state index in [0.717, 1.165) is 0 Å². The number of nitrogens with one attached hydrogen (secondary N) is 1. The van der Waals surface area contributed by atoms with Gasteiger partial charge in [0.2, 0.25) is 10.0 Å². The molecule has 0 aliphatic rings. The second kappa shape index (κ2) is 8.93. The van der Waals surface area contributed by atoms with Gasteiger partial charge in [-0.2, -0.15) is 4.31 Å². The van der Waals surface area contributed by atoms with Crippen LogP contribution in [0.4, 0.5) is 5.82 Å². The van der Waals surface area contributed by atoms with Crippen molar-refractivity contribution in [2.45, 2.75) is 11.8 Å². The van der Waals surface area contributed by atoms with Gasteiger partial charge in [-0.15, -0.1) is 0 Å². The number of hydrogen-bond acceptors (Lipinski definition) is 6. The van der Waals surface area contributed by atoms with E-state index in [-0.39, 0.29) is 18.0 Å². The van der Waals surface area contributed by atoms with Crippen molar-refractivity contribution in [2.75, 3.05) is 52.4 Å². The zero-order valence-electron chi connectivity index (χ0n) is 12.7. The first-order valence-corrected chi connectivity index (χ1v) is 8.18. The Morgan fingerprint density at radius 3 is 2.38 bits per heavy atom. The highest BCUT2D eigenvalue weighted by molar-refractivity contribution is 7.89. The maximum Gasteiger partial charge on any atom is 0.246 e. The van der Waals surface area contributed by atoms with Crippen molar-refractivity contribution >= 4 is 15.8 Å². The quantitative estimate of drug-likeness (QED) is 0.687. The first-order valence-electron chi connectivity index (χ1n) is 6.74. The zero-order valence-corrected chi connectivity index (χ0v) is 13.5. The molecule has 21 heavy (non-hydrogen) atoms. The van der Waals surface area contributed by atoms with Crippen LogP contribution in [0, 0.1) is 0 Å². The smallest absolute Gasteiger partial charge is 0.246 e. The molecule has 0 aliphatic heterocycles. The topological polar surface area (TPSA) is 80.8 Å². The molecule has 0 amide bonds. The Balaban J connectivity index is 3.09. The number of sulfonamides is 1. The van der Waals surface area contributed by atoms with E-state index in [0.29, 0.717) is 25.6 Å². The lowest BCUT2D eigenvalue weighted by Gasteiger charge is -2.22. The van der Waals surface area contributed by atoms with Crippen molar-refractivity contribution in [1.29, 1.82) is 0 Å². The molecule has 1 rings (SSSR count). The number of rotatable bonds is 10. The Morgan fingerprint density at radius 1 is 1.24 bits per heavy atom. The summed E-state index contributed by atoms with van der Waals surface area (Å²) < 4.78 is 36.9. The van der Waals surface area contributed by atoms with E-state index in [1.165, 1.54) is 18.5 Å². The van der Waals surface area contributed by atoms with Crippen LogP contribution >= 0.6 is 0 Å². The summed E-state index contributed by atoms with van der Waals surface area (Å²) in [7, 11) is -0.576. The van der Waals surface area contributed by atoms with E-state index in [1.807, 2.05) is 6.92 Å². The van der Waals surface area contributed by atoms with Crippen LogP contribution in [0.2, 0.25) is 0 Å². The van der Waals surface area contributed by atoms with Gasteiger partial charge in [0.15, 0.2) is 0 Å². The van der Waals surface area contributed by atoms with Gasteiger partial charge in [-0.05, 0) is 19.1 Å². The Kier molecular flexibility index (Phi) is 7.58. The van der Waals surface area contributed by atoms with Gasteiger partial charge in [0.1, 0.15) is 10.7 Å². The molecule has 0 spiro atoms. The van der Waals surface area contributed by atoms with Gasteiger partial charge < -0.3 is 14.8 Å². The standard InChI is InChI=1S/C13H23N3O4S/c1-4-14-13-12(6-5-7-15-13)21(17,18)16(8-10-19-2)9-11-20-3/h5-7H,4,8-11H2,1-3H3,(H,14,15). The minimum atomic E-state index is -3.65. The maximum absolute atomic E-state index is 12.8. The van der Waals surface area contributed by atoms with Crippen molar-refractivity contribution < 1.29 is 17.9 Å². The molecule has 0 radical (unpaired) electrons. The zero-order chi connectivity index (χ0) is 15.7. The Hall–Kier alpha value is -1.22. The fraction of sp³-hybridized carbons (Fsp3) is 0.615. The molecule has 1 aromatic rings. The van der Waals surface area contributed by atoms with Gasteiger partial charge in [0.25, 0.3) is 0 Å². The molecule has 1 N–H and O–H groups in total. The van der Waals surface area contributed by atoms with Gasteiger partial charge >= 0.3 is 0 Å². The number of nitrogens with zero attached hydrogens (tertiary/aromatic N) is 2. The molecule has 120 valence electrons. The number of methoxy groups -OCH3 is 2. The number of ether oxygens (including phenoxy) is 2. The Morgan fingerprint density at radius 2 is 1.86 bits per heavy atom. The summed E-state index contributed by atoms with van der Waals surface area (Å²) in [5.74, 6) is 0.361. The summed E-state index contributed by atoms with van der Waals surface area (Å²) in [6.45, 7) is 3.65. The molecule has 1 heterocycles. The number of hydrogen-bond donors (Lipinski definition) is 1. The maximum atomic E-state index is 12.8. The molecule has 0 bridgehead atoms. The SMILES string of the molecule is CCNc1ncccc1S(=O)(=O)N(CCOC)CCOC. The van der Waals surface area contributed by atoms with Crippen molar-refractivity contribution in [1.82, 2.24) is 9.29 Å².